The number of thiophene rings is 4. The fourth-order valence-electron chi connectivity index (χ4n) is 18.8. The van der Waals surface area contributed by atoms with Gasteiger partial charge >= 0.3 is 177 Å². The summed E-state index contributed by atoms with van der Waals surface area (Å²) in [5.74, 6) is 0. The summed E-state index contributed by atoms with van der Waals surface area (Å²) in [5.41, 5.74) is 21.0. The summed E-state index contributed by atoms with van der Waals surface area (Å²) in [7, 11) is 0. The van der Waals surface area contributed by atoms with Crippen LogP contribution >= 0.6 is 45.3 Å². The first-order chi connectivity index (χ1) is 68.5. The van der Waals surface area contributed by atoms with Crippen LogP contribution in [-0.2, 0) is 0 Å². The van der Waals surface area contributed by atoms with Gasteiger partial charge in [-0.2, -0.15) is 0 Å². The van der Waals surface area contributed by atoms with Crippen LogP contribution in [0.1, 0.15) is 55.6 Å². The van der Waals surface area contributed by atoms with E-state index in [2.05, 4.69) is 403 Å². The van der Waals surface area contributed by atoms with Crippen LogP contribution in [0, 0.1) is 69.2 Å². The first-order valence-electron chi connectivity index (χ1n) is 47.3. The van der Waals surface area contributed by atoms with Gasteiger partial charge in [0.2, 0.25) is 0 Å². The molecule has 10 aromatic heterocycles. The average molecular weight is 2010 g/mol. The Hall–Kier alpha value is -14.5. The van der Waals surface area contributed by atoms with E-state index in [0.29, 0.717) is 29.0 Å². The fraction of sp³-hybridized carbons (Fsp3) is 0.0769. The van der Waals surface area contributed by atoms with Crippen LogP contribution in [0.25, 0.3) is 207 Å². The van der Waals surface area contributed by atoms with E-state index in [4.69, 9.17) is 17.7 Å². The largest absolute Gasteiger partial charge is 0.456 e. The van der Waals surface area contributed by atoms with Crippen LogP contribution in [0.4, 0.5) is 0 Å². The summed E-state index contributed by atoms with van der Waals surface area (Å²) >= 11 is 8.56. The Bertz CT molecular complexity index is 8950. The average Bonchev–Trinajstić information content (AvgIpc) is 1.63. The number of furan rings is 4. The summed E-state index contributed by atoms with van der Waals surface area (Å²) in [6, 6.07) is 149. The summed E-state index contributed by atoms with van der Waals surface area (Å²) in [6.45, 7) is 21.4. The molecule has 0 bridgehead atoms. The van der Waals surface area contributed by atoms with Crippen molar-refractivity contribution in [1.29, 1.82) is 0 Å². The van der Waals surface area contributed by atoms with Gasteiger partial charge in [0.15, 0.2) is 0 Å². The van der Waals surface area contributed by atoms with Crippen molar-refractivity contribution >= 4 is 281 Å². The quantitative estimate of drug-likeness (QED) is 0.142. The Kier molecular flexibility index (Phi) is 26.9. The zero-order valence-electron chi connectivity index (χ0n) is 79.5. The molecular weight excluding hydrogens is 1910 g/mol. The van der Waals surface area contributed by atoms with Gasteiger partial charge in [-0.1, -0.05) is 254 Å². The van der Waals surface area contributed by atoms with E-state index >= 15 is 0 Å². The Balaban J connectivity index is 0.0000000924. The van der Waals surface area contributed by atoms with Crippen LogP contribution in [0.5, 0.6) is 0 Å². The summed E-state index contributed by atoms with van der Waals surface area (Å²) in [4.78, 5) is 0. The van der Waals surface area contributed by atoms with Crippen molar-refractivity contribution in [3.63, 3.8) is 0 Å². The molecular formula is C130H100O4S4Se2. The van der Waals surface area contributed by atoms with Crippen molar-refractivity contribution in [3.05, 3.63) is 480 Å². The van der Waals surface area contributed by atoms with Crippen LogP contribution in [0.3, 0.4) is 0 Å². The van der Waals surface area contributed by atoms with E-state index in [1.54, 1.807) is 4.26 Å². The van der Waals surface area contributed by atoms with Crippen molar-refractivity contribution in [2.45, 2.75) is 69.2 Å². The molecule has 10 heteroatoms. The third-order valence-electron chi connectivity index (χ3n) is 25.7. The SMILES string of the molecule is Cc1ccc2[se]c3ccccc3c2c1.Cc1ccc2c(c1)oc1ccccc12.Cc1ccc2c(c1)sc1ccccc12.Cc1ccc2oc3ccccc3c2c1.Cc1ccc2sc3ccccc3c2c1.Cc1cccc2c1[se]c1ccccc12.Cc1cccc2c1oc1ccccc12.Cc1cccc2c1sc1ccccc12.Cc1cccc2oc3ccccc3c12.Cc1cccc2sc3ccccc3c12. The molecule has 0 spiro atoms. The summed E-state index contributed by atoms with van der Waals surface area (Å²) in [6.07, 6.45) is 0. The van der Waals surface area contributed by atoms with Gasteiger partial charge in [0.1, 0.15) is 44.7 Å². The Morgan fingerprint density at radius 3 is 1.19 bits per heavy atom. The molecule has 0 N–H and O–H groups in total. The molecule has 0 radical (unpaired) electrons. The second-order valence-corrected chi connectivity index (χ2v) is 44.5. The second kappa shape index (κ2) is 40.9. The van der Waals surface area contributed by atoms with Crippen molar-refractivity contribution < 1.29 is 17.7 Å². The predicted molar refractivity (Wildman–Crippen MR) is 616 cm³/mol. The van der Waals surface area contributed by atoms with Crippen molar-refractivity contribution in [1.82, 2.24) is 0 Å². The van der Waals surface area contributed by atoms with Gasteiger partial charge in [-0.3, -0.25) is 0 Å². The Morgan fingerprint density at radius 1 is 0.164 bits per heavy atom. The van der Waals surface area contributed by atoms with E-state index < -0.39 is 0 Å². The normalized spacial score (nSPS) is 11.2. The number of para-hydroxylation sites is 5. The zero-order chi connectivity index (χ0) is 95.4. The van der Waals surface area contributed by atoms with E-state index in [9.17, 15) is 0 Å². The molecule has 30 aromatic rings. The fourth-order valence-corrected chi connectivity index (χ4v) is 28.1. The number of hydrogen-bond donors (Lipinski definition) is 0. The standard InChI is InChI=1S/4C13H10O.4C13H10S.2C13H10Se/c1-9-5-4-7-11-10-6-2-3-8-12(10)14-13(9)11;1-9-5-4-8-12-13(9)10-6-2-3-7-11(10)14-12;1-9-6-7-13-11(8-9)10-4-2-3-5-12(10)14-13;1-9-6-7-11-10-4-2-3-5-12(10)14-13(11)8-9;1-9-5-4-7-11-10-6-2-3-8-12(10)14-13(9)11;1-9-5-4-8-12-13(9)10-6-2-3-7-11(10)14-12;1-9-6-7-13-11(8-9)10-4-2-3-5-12(10)14-13;1-9-6-7-11-10-4-2-3-5-12(10)14-13(11)8-9;1-9-5-4-7-11-10-6-2-3-8-12(10)14-13(9)11;1-9-6-7-13-11(8-9)10-4-2-3-5-12(10)14-13/h10*2-8H,1H3. The van der Waals surface area contributed by atoms with Gasteiger partial charge < -0.3 is 17.7 Å². The number of aryl methyl sites for hydroxylation is 10. The molecule has 0 saturated carbocycles. The maximum atomic E-state index is 5.78. The molecule has 0 aliphatic carbocycles. The molecule has 0 aliphatic heterocycles. The topological polar surface area (TPSA) is 52.6 Å². The molecule has 140 heavy (non-hydrogen) atoms. The van der Waals surface area contributed by atoms with Crippen LogP contribution < -0.4 is 0 Å². The molecule has 4 nitrogen and oxygen atoms in total. The van der Waals surface area contributed by atoms with Crippen LogP contribution in [0.2, 0.25) is 0 Å². The monoisotopic (exact) mass is 2010 g/mol. The van der Waals surface area contributed by atoms with E-state index in [1.165, 1.54) is 214 Å². The van der Waals surface area contributed by atoms with E-state index in [0.717, 1.165) is 44.7 Å². The van der Waals surface area contributed by atoms with Gasteiger partial charge in [-0.25, -0.2) is 0 Å². The minimum Gasteiger partial charge on any atom is -0.456 e. The second-order valence-electron chi connectivity index (χ2n) is 35.7. The first kappa shape index (κ1) is 91.9. The number of fused-ring (bicyclic) bond motifs is 30. The van der Waals surface area contributed by atoms with E-state index in [-0.39, 0.29) is 0 Å². The van der Waals surface area contributed by atoms with Crippen molar-refractivity contribution in [2.75, 3.05) is 0 Å². The molecule has 0 aliphatic rings. The summed E-state index contributed by atoms with van der Waals surface area (Å²) < 4.78 is 40.3. The third kappa shape index (κ3) is 19.2. The molecule has 680 valence electrons. The first-order valence-corrected chi connectivity index (χ1v) is 54.0. The maximum absolute atomic E-state index is 5.78. The van der Waals surface area contributed by atoms with Crippen molar-refractivity contribution in [3.8, 4) is 0 Å². The maximum Gasteiger partial charge on any atom is 0.138 e. The number of benzene rings is 20. The molecule has 20 aromatic carbocycles. The molecule has 0 atom stereocenters. The van der Waals surface area contributed by atoms with Crippen molar-refractivity contribution in [2.24, 2.45) is 0 Å². The minimum atomic E-state index is 0.525. The molecule has 0 amide bonds. The Morgan fingerprint density at radius 2 is 0.514 bits per heavy atom. The van der Waals surface area contributed by atoms with Gasteiger partial charge in [0.25, 0.3) is 0 Å². The van der Waals surface area contributed by atoms with Gasteiger partial charge in [0.05, 0.1) is 0 Å². The molecule has 10 heterocycles. The van der Waals surface area contributed by atoms with Gasteiger partial charge in [-0.15, -0.1) is 45.3 Å². The predicted octanol–water partition coefficient (Wildman–Crippen LogP) is 39.7. The molecule has 30 rings (SSSR count). The molecule has 0 unspecified atom stereocenters. The third-order valence-corrected chi connectivity index (χ3v) is 35.6. The molecule has 0 saturated heterocycles. The minimum absolute atomic E-state index is 0.525. The van der Waals surface area contributed by atoms with Gasteiger partial charge in [0, 0.05) is 124 Å². The Labute approximate surface area is 841 Å². The van der Waals surface area contributed by atoms with E-state index in [1.807, 2.05) is 136 Å². The number of rotatable bonds is 0. The zero-order valence-corrected chi connectivity index (χ0v) is 86.2. The van der Waals surface area contributed by atoms with Gasteiger partial charge in [-0.05, 0) is 186 Å². The molecule has 0 fully saturated rings. The summed E-state index contributed by atoms with van der Waals surface area (Å²) in [5, 5.41) is 26.6. The number of hydrogen-bond acceptors (Lipinski definition) is 8. The smallest absolute Gasteiger partial charge is 0.138 e. The van der Waals surface area contributed by atoms with Crippen LogP contribution in [-0.4, -0.2) is 29.0 Å². The van der Waals surface area contributed by atoms with Crippen LogP contribution in [0.15, 0.2) is 442 Å².